The van der Waals surface area contributed by atoms with E-state index in [-0.39, 0.29) is 17.1 Å². The summed E-state index contributed by atoms with van der Waals surface area (Å²) in [5.74, 6) is -0.00611. The van der Waals surface area contributed by atoms with E-state index in [0.29, 0.717) is 10.9 Å². The smallest absolute Gasteiger partial charge is 0.157 e. The van der Waals surface area contributed by atoms with Crippen molar-refractivity contribution in [3.8, 4) is 0 Å². The van der Waals surface area contributed by atoms with E-state index in [1.54, 1.807) is 6.07 Å². The Bertz CT molecular complexity index is 508. The number of carbonyl (C=O) groups is 1. The Morgan fingerprint density at radius 1 is 1.29 bits per heavy atom. The zero-order valence-electron chi connectivity index (χ0n) is 12.8. The van der Waals surface area contributed by atoms with Crippen molar-refractivity contribution in [2.45, 2.75) is 51.5 Å². The normalized spacial score (nSPS) is 17.4. The van der Waals surface area contributed by atoms with Gasteiger partial charge in [-0.2, -0.15) is 0 Å². The van der Waals surface area contributed by atoms with Crippen molar-refractivity contribution in [1.29, 1.82) is 0 Å². The van der Waals surface area contributed by atoms with Crippen molar-refractivity contribution in [3.63, 3.8) is 0 Å². The van der Waals surface area contributed by atoms with Crippen LogP contribution in [0.5, 0.6) is 0 Å². The van der Waals surface area contributed by atoms with Crippen LogP contribution in [0.3, 0.4) is 0 Å². The fourth-order valence-corrected chi connectivity index (χ4v) is 4.05. The van der Waals surface area contributed by atoms with E-state index in [9.17, 15) is 9.18 Å². The molecule has 1 aliphatic rings. The van der Waals surface area contributed by atoms with E-state index in [4.69, 9.17) is 0 Å². The summed E-state index contributed by atoms with van der Waals surface area (Å²) in [4.78, 5) is 15.3. The van der Waals surface area contributed by atoms with E-state index in [2.05, 4.69) is 34.7 Å². The Morgan fingerprint density at radius 2 is 1.90 bits per heavy atom. The largest absolute Gasteiger partial charge is 0.297 e. The van der Waals surface area contributed by atoms with Crippen molar-refractivity contribution in [3.05, 3.63) is 34.1 Å². The summed E-state index contributed by atoms with van der Waals surface area (Å²) in [6.45, 7) is 6.02. The lowest BCUT2D eigenvalue weighted by Crippen LogP contribution is -2.53. The third-order valence-electron chi connectivity index (χ3n) is 4.68. The minimum absolute atomic E-state index is 0.274. The lowest BCUT2D eigenvalue weighted by Gasteiger charge is -2.39. The van der Waals surface area contributed by atoms with Crippen LogP contribution in [0.1, 0.15) is 45.1 Å². The second-order valence-corrected chi connectivity index (χ2v) is 6.60. The summed E-state index contributed by atoms with van der Waals surface area (Å²) in [5, 5.41) is 0. The average molecular weight is 356 g/mol. The number of Topliss-reactive ketones (excluding diaryl/α,β-unsaturated/α-hetero) is 1. The van der Waals surface area contributed by atoms with Crippen LogP contribution in [0, 0.1) is 5.82 Å². The van der Waals surface area contributed by atoms with Gasteiger partial charge in [-0.3, -0.25) is 9.69 Å². The molecule has 1 fully saturated rings. The molecule has 0 N–H and O–H groups in total. The molecule has 1 saturated carbocycles. The number of rotatable bonds is 6. The fourth-order valence-electron chi connectivity index (χ4n) is 3.56. The molecule has 2 nitrogen and oxygen atoms in total. The molecular weight excluding hydrogens is 333 g/mol. The number of benzene rings is 1. The minimum Gasteiger partial charge on any atom is -0.297 e. The molecule has 0 aliphatic heterocycles. The number of hydrogen-bond donors (Lipinski definition) is 0. The highest BCUT2D eigenvalue weighted by Gasteiger charge is 2.44. The first-order valence-corrected chi connectivity index (χ1v) is 8.55. The highest BCUT2D eigenvalue weighted by molar-refractivity contribution is 9.10. The van der Waals surface area contributed by atoms with Gasteiger partial charge in [0.25, 0.3) is 0 Å². The van der Waals surface area contributed by atoms with Crippen LogP contribution < -0.4 is 0 Å². The summed E-state index contributed by atoms with van der Waals surface area (Å²) in [5.41, 5.74) is 0.567. The summed E-state index contributed by atoms with van der Waals surface area (Å²) < 4.78 is 13.9. The van der Waals surface area contributed by atoms with Crippen LogP contribution in [-0.2, 0) is 11.2 Å². The Labute approximate surface area is 134 Å². The predicted molar refractivity (Wildman–Crippen MR) is 86.9 cm³/mol. The predicted octanol–water partition coefficient (Wildman–Crippen LogP) is 4.35. The highest BCUT2D eigenvalue weighted by Crippen LogP contribution is 2.37. The summed E-state index contributed by atoms with van der Waals surface area (Å²) >= 11 is 3.37. The van der Waals surface area contributed by atoms with Crippen molar-refractivity contribution < 1.29 is 9.18 Å². The van der Waals surface area contributed by atoms with E-state index in [0.717, 1.165) is 44.3 Å². The number of ketones is 1. The van der Waals surface area contributed by atoms with Crippen LogP contribution in [-0.4, -0.2) is 29.3 Å². The third-order valence-corrected chi connectivity index (χ3v) is 5.42. The first-order valence-electron chi connectivity index (χ1n) is 7.75. The SMILES string of the molecule is CCN(CC)C1(C(=O)Cc2ccc(F)cc2Br)CCCC1. The molecule has 0 atom stereocenters. The van der Waals surface area contributed by atoms with Crippen LogP contribution in [0.15, 0.2) is 22.7 Å². The number of nitrogens with zero attached hydrogens (tertiary/aromatic N) is 1. The Hall–Kier alpha value is -0.740. The standard InChI is InChI=1S/C17H23BrFNO/c1-3-20(4-2)17(9-5-6-10-17)16(21)11-13-7-8-14(19)12-15(13)18/h7-8,12H,3-6,9-11H2,1-2H3. The molecule has 0 unspecified atom stereocenters. The zero-order chi connectivity index (χ0) is 15.5. The number of hydrogen-bond acceptors (Lipinski definition) is 2. The minimum atomic E-state index is -0.308. The second-order valence-electron chi connectivity index (χ2n) is 5.75. The highest BCUT2D eigenvalue weighted by atomic mass is 79.9. The molecule has 0 amide bonds. The molecular formula is C17H23BrFNO. The quantitative estimate of drug-likeness (QED) is 0.755. The van der Waals surface area contributed by atoms with Crippen LogP contribution in [0.4, 0.5) is 4.39 Å². The molecule has 1 aromatic rings. The molecule has 0 spiro atoms. The van der Waals surface area contributed by atoms with Gasteiger partial charge in [-0.15, -0.1) is 0 Å². The van der Waals surface area contributed by atoms with E-state index < -0.39 is 0 Å². The zero-order valence-corrected chi connectivity index (χ0v) is 14.4. The van der Waals surface area contributed by atoms with Gasteiger partial charge in [0, 0.05) is 10.9 Å². The van der Waals surface area contributed by atoms with E-state index in [1.807, 2.05) is 0 Å². The molecule has 4 heteroatoms. The molecule has 0 bridgehead atoms. The van der Waals surface area contributed by atoms with Gasteiger partial charge in [-0.05, 0) is 43.6 Å². The van der Waals surface area contributed by atoms with Crippen molar-refractivity contribution in [2.75, 3.05) is 13.1 Å². The van der Waals surface area contributed by atoms with Crippen molar-refractivity contribution >= 4 is 21.7 Å². The molecule has 0 aromatic heterocycles. The average Bonchev–Trinajstić information content (AvgIpc) is 2.94. The van der Waals surface area contributed by atoms with Gasteiger partial charge in [0.15, 0.2) is 5.78 Å². The van der Waals surface area contributed by atoms with Gasteiger partial charge in [-0.25, -0.2) is 4.39 Å². The van der Waals surface area contributed by atoms with Crippen LogP contribution in [0.2, 0.25) is 0 Å². The number of likely N-dealkylation sites (N-methyl/N-ethyl adjacent to an activating group) is 1. The monoisotopic (exact) mass is 355 g/mol. The van der Waals surface area contributed by atoms with E-state index in [1.165, 1.54) is 12.1 Å². The molecule has 2 rings (SSSR count). The van der Waals surface area contributed by atoms with Crippen molar-refractivity contribution in [1.82, 2.24) is 4.90 Å². The molecule has 0 saturated heterocycles. The fraction of sp³-hybridized carbons (Fsp3) is 0.588. The summed E-state index contributed by atoms with van der Waals surface area (Å²) in [6.07, 6.45) is 4.51. The Morgan fingerprint density at radius 3 is 2.43 bits per heavy atom. The van der Waals surface area contributed by atoms with E-state index >= 15 is 0 Å². The summed E-state index contributed by atoms with van der Waals surface area (Å²) in [6, 6.07) is 4.57. The van der Waals surface area contributed by atoms with Gasteiger partial charge >= 0.3 is 0 Å². The maximum absolute atomic E-state index is 13.2. The number of halogens is 2. The Kier molecular flexibility index (Phi) is 5.55. The van der Waals surface area contributed by atoms with Crippen molar-refractivity contribution in [2.24, 2.45) is 0 Å². The summed E-state index contributed by atoms with van der Waals surface area (Å²) in [7, 11) is 0. The van der Waals surface area contributed by atoms with Gasteiger partial charge in [-0.1, -0.05) is 48.7 Å². The molecule has 0 heterocycles. The molecule has 1 aromatic carbocycles. The topological polar surface area (TPSA) is 20.3 Å². The second kappa shape index (κ2) is 7.01. The van der Waals surface area contributed by atoms with Gasteiger partial charge in [0.1, 0.15) is 5.82 Å². The lowest BCUT2D eigenvalue weighted by atomic mass is 9.86. The number of carbonyl (C=O) groups excluding carboxylic acids is 1. The molecule has 21 heavy (non-hydrogen) atoms. The first-order chi connectivity index (χ1) is 10.0. The first kappa shape index (κ1) is 16.6. The van der Waals surface area contributed by atoms with Gasteiger partial charge in [0.2, 0.25) is 0 Å². The van der Waals surface area contributed by atoms with Crippen LogP contribution in [0.25, 0.3) is 0 Å². The van der Waals surface area contributed by atoms with Gasteiger partial charge < -0.3 is 0 Å². The maximum atomic E-state index is 13.2. The van der Waals surface area contributed by atoms with Crippen LogP contribution >= 0.6 is 15.9 Å². The Balaban J connectivity index is 2.23. The maximum Gasteiger partial charge on any atom is 0.157 e. The molecule has 116 valence electrons. The van der Waals surface area contributed by atoms with Gasteiger partial charge in [0.05, 0.1) is 5.54 Å². The molecule has 0 radical (unpaired) electrons. The molecule has 1 aliphatic carbocycles. The third kappa shape index (κ3) is 3.37. The lowest BCUT2D eigenvalue weighted by molar-refractivity contribution is -0.130.